The maximum absolute atomic E-state index is 12.6. The molecule has 3 rings (SSSR count). The number of nitrogen functional groups attached to an aromatic ring is 1. The molecule has 24 heavy (non-hydrogen) atoms. The van der Waals surface area contributed by atoms with Crippen LogP contribution in [0.3, 0.4) is 0 Å². The summed E-state index contributed by atoms with van der Waals surface area (Å²) in [4.78, 5) is 18.6. The Morgan fingerprint density at radius 3 is 2.96 bits per heavy atom. The van der Waals surface area contributed by atoms with E-state index in [1.807, 2.05) is 26.8 Å². The van der Waals surface area contributed by atoms with Gasteiger partial charge in [0, 0.05) is 0 Å². The van der Waals surface area contributed by atoms with Gasteiger partial charge in [0.25, 0.3) is 0 Å². The highest BCUT2D eigenvalue weighted by atomic mass is 32.1. The van der Waals surface area contributed by atoms with Gasteiger partial charge >= 0.3 is 6.09 Å². The third-order valence-electron chi connectivity index (χ3n) is 3.98. The summed E-state index contributed by atoms with van der Waals surface area (Å²) >= 11 is 1.48. The summed E-state index contributed by atoms with van der Waals surface area (Å²) in [6.07, 6.45) is 6.84. The Bertz CT molecular complexity index is 829. The molecule has 0 spiro atoms. The lowest BCUT2D eigenvalue weighted by molar-refractivity contribution is 0.0190. The van der Waals surface area contributed by atoms with E-state index in [0.717, 1.165) is 28.6 Å². The monoisotopic (exact) mass is 343 g/mol. The van der Waals surface area contributed by atoms with Gasteiger partial charge in [0.2, 0.25) is 0 Å². The first kappa shape index (κ1) is 16.6. The SMILES string of the molecule is C#CCN(C(=O)OC(C)(C)C)C1CCc2cc3sc(N)nc3cc21. The zero-order valence-corrected chi connectivity index (χ0v) is 14.9. The second kappa shape index (κ2) is 5.99. The highest BCUT2D eigenvalue weighted by Crippen LogP contribution is 2.40. The number of amides is 1. The minimum absolute atomic E-state index is 0.0850. The summed E-state index contributed by atoms with van der Waals surface area (Å²) in [7, 11) is 0. The van der Waals surface area contributed by atoms with Crippen LogP contribution in [0.4, 0.5) is 9.93 Å². The molecule has 0 radical (unpaired) electrons. The number of aromatic nitrogens is 1. The van der Waals surface area contributed by atoms with E-state index in [1.54, 1.807) is 4.90 Å². The normalized spacial score (nSPS) is 16.7. The molecule has 1 atom stereocenters. The number of fused-ring (bicyclic) bond motifs is 2. The standard InChI is InChI=1S/C18H21N3O2S/c1-5-8-21(17(22)23-18(2,3)4)14-7-6-11-9-15-13(10-12(11)14)20-16(19)24-15/h1,9-10,14H,6-8H2,2-4H3,(H2,19,20). The molecule has 1 heterocycles. The van der Waals surface area contributed by atoms with E-state index in [2.05, 4.69) is 17.0 Å². The van der Waals surface area contributed by atoms with Gasteiger partial charge in [-0.05, 0) is 56.9 Å². The maximum Gasteiger partial charge on any atom is 0.411 e. The number of nitrogens with zero attached hydrogens (tertiary/aromatic N) is 2. The number of hydrogen-bond acceptors (Lipinski definition) is 5. The quantitative estimate of drug-likeness (QED) is 0.844. The molecule has 1 aromatic carbocycles. The fourth-order valence-corrected chi connectivity index (χ4v) is 3.85. The molecule has 1 amide bonds. The average molecular weight is 343 g/mol. The maximum atomic E-state index is 12.6. The summed E-state index contributed by atoms with van der Waals surface area (Å²) in [5.74, 6) is 2.57. The molecule has 0 bridgehead atoms. The van der Waals surface area contributed by atoms with Crippen molar-refractivity contribution in [3.8, 4) is 12.3 Å². The number of anilines is 1. The molecule has 2 N–H and O–H groups in total. The Morgan fingerprint density at radius 2 is 2.29 bits per heavy atom. The van der Waals surface area contributed by atoms with Crippen LogP contribution in [-0.2, 0) is 11.2 Å². The van der Waals surface area contributed by atoms with Gasteiger partial charge < -0.3 is 10.5 Å². The molecular formula is C18H21N3O2S. The van der Waals surface area contributed by atoms with Crippen molar-refractivity contribution in [2.24, 2.45) is 0 Å². The summed E-state index contributed by atoms with van der Waals surface area (Å²) < 4.78 is 6.61. The molecule has 0 aliphatic heterocycles. The molecule has 0 fully saturated rings. The van der Waals surface area contributed by atoms with E-state index in [4.69, 9.17) is 16.9 Å². The van der Waals surface area contributed by atoms with E-state index in [-0.39, 0.29) is 18.7 Å². The predicted octanol–water partition coefficient (Wildman–Crippen LogP) is 3.74. The van der Waals surface area contributed by atoms with Crippen LogP contribution in [0.25, 0.3) is 10.2 Å². The van der Waals surface area contributed by atoms with Gasteiger partial charge in [-0.3, -0.25) is 4.90 Å². The van der Waals surface area contributed by atoms with Crippen LogP contribution in [-0.4, -0.2) is 28.1 Å². The average Bonchev–Trinajstić information content (AvgIpc) is 3.01. The smallest absolute Gasteiger partial charge is 0.411 e. The summed E-state index contributed by atoms with van der Waals surface area (Å²) in [6.45, 7) is 5.77. The first-order chi connectivity index (χ1) is 11.3. The lowest BCUT2D eigenvalue weighted by Gasteiger charge is -2.30. The van der Waals surface area contributed by atoms with Crippen LogP contribution in [0, 0.1) is 12.3 Å². The van der Waals surface area contributed by atoms with Crippen molar-refractivity contribution in [1.29, 1.82) is 0 Å². The van der Waals surface area contributed by atoms with Crippen LogP contribution in [0.2, 0.25) is 0 Å². The van der Waals surface area contributed by atoms with Gasteiger partial charge in [-0.25, -0.2) is 9.78 Å². The first-order valence-corrected chi connectivity index (χ1v) is 8.72. The number of rotatable bonds is 2. The van der Waals surface area contributed by atoms with Crippen molar-refractivity contribution in [3.05, 3.63) is 23.3 Å². The number of terminal acetylenes is 1. The molecule has 5 nitrogen and oxygen atoms in total. The number of hydrogen-bond donors (Lipinski definition) is 1. The highest BCUT2D eigenvalue weighted by Gasteiger charge is 2.33. The second-order valence-corrected chi connectivity index (χ2v) is 8.00. The van der Waals surface area contributed by atoms with E-state index in [0.29, 0.717) is 5.13 Å². The van der Waals surface area contributed by atoms with Gasteiger partial charge in [-0.2, -0.15) is 0 Å². The number of nitrogens with two attached hydrogens (primary N) is 1. The third kappa shape index (κ3) is 3.17. The van der Waals surface area contributed by atoms with Crippen LogP contribution in [0.15, 0.2) is 12.1 Å². The third-order valence-corrected chi connectivity index (χ3v) is 4.83. The molecule has 1 aromatic heterocycles. The molecule has 1 aliphatic carbocycles. The van der Waals surface area contributed by atoms with Gasteiger partial charge in [-0.15, -0.1) is 6.42 Å². The number of carbonyl (C=O) groups is 1. The van der Waals surface area contributed by atoms with Crippen LogP contribution < -0.4 is 5.73 Å². The van der Waals surface area contributed by atoms with Gasteiger partial charge in [0.15, 0.2) is 5.13 Å². The van der Waals surface area contributed by atoms with Crippen LogP contribution >= 0.6 is 11.3 Å². The number of aryl methyl sites for hydroxylation is 1. The van der Waals surface area contributed by atoms with Gasteiger partial charge in [0.1, 0.15) is 5.60 Å². The number of benzene rings is 1. The Labute approximate surface area is 145 Å². The molecule has 0 saturated heterocycles. The molecular weight excluding hydrogens is 322 g/mol. The molecule has 6 heteroatoms. The minimum Gasteiger partial charge on any atom is -0.444 e. The predicted molar refractivity (Wildman–Crippen MR) is 96.9 cm³/mol. The molecule has 0 saturated carbocycles. The fraction of sp³-hybridized carbons (Fsp3) is 0.444. The fourth-order valence-electron chi connectivity index (χ4n) is 3.07. The molecule has 1 aliphatic rings. The van der Waals surface area contributed by atoms with Crippen LogP contribution in [0.5, 0.6) is 0 Å². The Hall–Kier alpha value is -2.26. The summed E-state index contributed by atoms with van der Waals surface area (Å²) in [5, 5.41) is 0.554. The second-order valence-electron chi connectivity index (χ2n) is 6.94. The first-order valence-electron chi connectivity index (χ1n) is 7.90. The number of carbonyl (C=O) groups excluding carboxylic acids is 1. The topological polar surface area (TPSA) is 68.5 Å². The van der Waals surface area contributed by atoms with E-state index >= 15 is 0 Å². The summed E-state index contributed by atoms with van der Waals surface area (Å²) in [5.41, 5.74) is 8.43. The Morgan fingerprint density at radius 1 is 1.54 bits per heavy atom. The van der Waals surface area contributed by atoms with E-state index in [1.165, 1.54) is 16.9 Å². The Balaban J connectivity index is 1.95. The van der Waals surface area contributed by atoms with Crippen molar-refractivity contribution < 1.29 is 9.53 Å². The number of ether oxygens (including phenoxy) is 1. The van der Waals surface area contributed by atoms with E-state index < -0.39 is 5.60 Å². The minimum atomic E-state index is -0.557. The molecule has 126 valence electrons. The lowest BCUT2D eigenvalue weighted by Crippen LogP contribution is -2.39. The Kier molecular flexibility index (Phi) is 4.14. The zero-order chi connectivity index (χ0) is 17.5. The van der Waals surface area contributed by atoms with E-state index in [9.17, 15) is 4.79 Å². The molecule has 1 unspecified atom stereocenters. The van der Waals surface area contributed by atoms with Crippen molar-refractivity contribution >= 4 is 32.8 Å². The van der Waals surface area contributed by atoms with Crippen molar-refractivity contribution in [2.75, 3.05) is 12.3 Å². The van der Waals surface area contributed by atoms with Crippen molar-refractivity contribution in [2.45, 2.75) is 45.3 Å². The molecule has 2 aromatic rings. The summed E-state index contributed by atoms with van der Waals surface area (Å²) in [6, 6.07) is 4.07. The van der Waals surface area contributed by atoms with Gasteiger partial charge in [0.05, 0.1) is 22.8 Å². The lowest BCUT2D eigenvalue weighted by atomic mass is 10.1. The van der Waals surface area contributed by atoms with Crippen molar-refractivity contribution in [1.82, 2.24) is 9.88 Å². The largest absolute Gasteiger partial charge is 0.444 e. The highest BCUT2D eigenvalue weighted by molar-refractivity contribution is 7.22. The van der Waals surface area contributed by atoms with Crippen molar-refractivity contribution in [3.63, 3.8) is 0 Å². The number of thiazole rings is 1. The van der Waals surface area contributed by atoms with Crippen LogP contribution in [0.1, 0.15) is 44.4 Å². The zero-order valence-electron chi connectivity index (χ0n) is 14.1. The van der Waals surface area contributed by atoms with Gasteiger partial charge in [-0.1, -0.05) is 17.3 Å².